The second kappa shape index (κ2) is 6.38. The second-order valence-corrected chi connectivity index (χ2v) is 5.98. The number of aliphatic carboxylic acids is 1. The van der Waals surface area contributed by atoms with Crippen LogP contribution in [-0.2, 0) is 4.79 Å². The van der Waals surface area contributed by atoms with Gasteiger partial charge in [0.05, 0.1) is 12.1 Å². The number of nitrogens with zero attached hydrogens (tertiary/aromatic N) is 1. The highest BCUT2D eigenvalue weighted by atomic mass is 19.1. The standard InChI is InChI=1S/C15H19FN2O2/c1-15(2,3)8-10(7-14(19)20)18-13-6-4-5-12(16)11(13)9-17/h4-6,10,18H,7-8H2,1-3H3,(H,19,20). The Kier molecular flexibility index (Phi) is 5.09. The fourth-order valence-corrected chi connectivity index (χ4v) is 2.10. The number of nitriles is 1. The van der Waals surface area contributed by atoms with E-state index in [1.807, 2.05) is 20.8 Å². The molecule has 1 rings (SSSR count). The highest BCUT2D eigenvalue weighted by Crippen LogP contribution is 2.26. The van der Waals surface area contributed by atoms with Crippen LogP contribution < -0.4 is 5.32 Å². The summed E-state index contributed by atoms with van der Waals surface area (Å²) in [6.07, 6.45) is 0.513. The first kappa shape index (κ1) is 16.0. The molecule has 4 nitrogen and oxygen atoms in total. The molecule has 20 heavy (non-hydrogen) atoms. The monoisotopic (exact) mass is 278 g/mol. The Balaban J connectivity index is 2.98. The van der Waals surface area contributed by atoms with Crippen molar-refractivity contribution in [3.8, 4) is 6.07 Å². The van der Waals surface area contributed by atoms with Gasteiger partial charge in [-0.05, 0) is 24.0 Å². The molecule has 0 fully saturated rings. The van der Waals surface area contributed by atoms with E-state index in [-0.39, 0.29) is 23.4 Å². The van der Waals surface area contributed by atoms with Gasteiger partial charge in [-0.25, -0.2) is 4.39 Å². The average Bonchev–Trinajstić information content (AvgIpc) is 2.25. The van der Waals surface area contributed by atoms with Gasteiger partial charge in [0.15, 0.2) is 0 Å². The molecule has 1 aromatic carbocycles. The van der Waals surface area contributed by atoms with Crippen molar-refractivity contribution < 1.29 is 14.3 Å². The lowest BCUT2D eigenvalue weighted by Gasteiger charge is -2.27. The van der Waals surface area contributed by atoms with E-state index in [4.69, 9.17) is 10.4 Å². The molecule has 108 valence electrons. The van der Waals surface area contributed by atoms with E-state index >= 15 is 0 Å². The predicted molar refractivity (Wildman–Crippen MR) is 74.9 cm³/mol. The number of hydrogen-bond acceptors (Lipinski definition) is 3. The first-order valence-electron chi connectivity index (χ1n) is 6.40. The molecule has 0 aliphatic carbocycles. The molecule has 0 heterocycles. The van der Waals surface area contributed by atoms with Crippen LogP contribution in [0.5, 0.6) is 0 Å². The van der Waals surface area contributed by atoms with Crippen LogP contribution >= 0.6 is 0 Å². The predicted octanol–water partition coefficient (Wildman–Crippen LogP) is 3.39. The number of carboxylic acid groups (broad SMARTS) is 1. The van der Waals surface area contributed by atoms with Crippen LogP contribution in [0.3, 0.4) is 0 Å². The van der Waals surface area contributed by atoms with E-state index in [0.717, 1.165) is 0 Å². The van der Waals surface area contributed by atoms with Crippen molar-refractivity contribution in [2.75, 3.05) is 5.32 Å². The van der Waals surface area contributed by atoms with Crippen molar-refractivity contribution in [2.24, 2.45) is 5.41 Å². The molecule has 1 atom stereocenters. The van der Waals surface area contributed by atoms with Gasteiger partial charge >= 0.3 is 5.97 Å². The van der Waals surface area contributed by atoms with Crippen LogP contribution in [-0.4, -0.2) is 17.1 Å². The lowest BCUT2D eigenvalue weighted by atomic mass is 9.87. The van der Waals surface area contributed by atoms with Gasteiger partial charge in [-0.3, -0.25) is 4.79 Å². The number of carboxylic acids is 1. The zero-order valence-corrected chi connectivity index (χ0v) is 11.9. The number of anilines is 1. The van der Waals surface area contributed by atoms with Gasteiger partial charge in [-0.15, -0.1) is 0 Å². The van der Waals surface area contributed by atoms with Gasteiger partial charge < -0.3 is 10.4 Å². The molecule has 1 unspecified atom stereocenters. The molecule has 0 radical (unpaired) electrons. The lowest BCUT2D eigenvalue weighted by molar-refractivity contribution is -0.137. The minimum Gasteiger partial charge on any atom is -0.481 e. The Morgan fingerprint density at radius 2 is 2.15 bits per heavy atom. The smallest absolute Gasteiger partial charge is 0.305 e. The minimum absolute atomic E-state index is 0.0761. The highest BCUT2D eigenvalue weighted by molar-refractivity contribution is 5.69. The summed E-state index contributed by atoms with van der Waals surface area (Å²) in [6.45, 7) is 6.00. The Bertz CT molecular complexity index is 530. The number of carbonyl (C=O) groups is 1. The van der Waals surface area contributed by atoms with Crippen LogP contribution in [0.1, 0.15) is 39.2 Å². The summed E-state index contributed by atoms with van der Waals surface area (Å²) >= 11 is 0. The van der Waals surface area contributed by atoms with Gasteiger partial charge in [0.25, 0.3) is 0 Å². The summed E-state index contributed by atoms with van der Waals surface area (Å²) in [5.41, 5.74) is 0.174. The van der Waals surface area contributed by atoms with Crippen molar-refractivity contribution in [2.45, 2.75) is 39.7 Å². The Morgan fingerprint density at radius 3 is 2.65 bits per heavy atom. The Hall–Kier alpha value is -2.09. The summed E-state index contributed by atoms with van der Waals surface area (Å²) < 4.78 is 13.5. The lowest BCUT2D eigenvalue weighted by Crippen LogP contribution is -2.28. The van der Waals surface area contributed by atoms with Crippen LogP contribution in [0.2, 0.25) is 0 Å². The molecule has 0 saturated heterocycles. The van der Waals surface area contributed by atoms with E-state index in [2.05, 4.69) is 5.32 Å². The van der Waals surface area contributed by atoms with E-state index in [1.54, 1.807) is 12.1 Å². The number of halogens is 1. The summed E-state index contributed by atoms with van der Waals surface area (Å²) in [7, 11) is 0. The molecule has 0 aliphatic heterocycles. The third-order valence-electron chi connectivity index (χ3n) is 2.76. The minimum atomic E-state index is -0.929. The largest absolute Gasteiger partial charge is 0.481 e. The fraction of sp³-hybridized carbons (Fsp3) is 0.467. The highest BCUT2D eigenvalue weighted by Gasteiger charge is 2.22. The van der Waals surface area contributed by atoms with Gasteiger partial charge in [-0.2, -0.15) is 5.26 Å². The number of benzene rings is 1. The summed E-state index contributed by atoms with van der Waals surface area (Å²) in [4.78, 5) is 10.9. The van der Waals surface area contributed by atoms with E-state index in [1.165, 1.54) is 12.1 Å². The van der Waals surface area contributed by atoms with Crippen LogP contribution in [0.25, 0.3) is 0 Å². The summed E-state index contributed by atoms with van der Waals surface area (Å²) in [5, 5.41) is 20.9. The van der Waals surface area contributed by atoms with Gasteiger partial charge in [-0.1, -0.05) is 26.8 Å². The van der Waals surface area contributed by atoms with Crippen molar-refractivity contribution in [1.82, 2.24) is 0 Å². The number of rotatable bonds is 5. The van der Waals surface area contributed by atoms with E-state index in [9.17, 15) is 9.18 Å². The van der Waals surface area contributed by atoms with Crippen LogP contribution in [0.15, 0.2) is 18.2 Å². The zero-order valence-electron chi connectivity index (χ0n) is 11.9. The first-order valence-corrected chi connectivity index (χ1v) is 6.40. The molecule has 0 amide bonds. The quantitative estimate of drug-likeness (QED) is 0.865. The SMILES string of the molecule is CC(C)(C)CC(CC(=O)O)Nc1cccc(F)c1C#N. The van der Waals surface area contributed by atoms with Crippen LogP contribution in [0.4, 0.5) is 10.1 Å². The van der Waals surface area contributed by atoms with Crippen molar-refractivity contribution in [3.05, 3.63) is 29.6 Å². The molecule has 0 aromatic heterocycles. The molecule has 2 N–H and O–H groups in total. The molecular formula is C15H19FN2O2. The number of nitrogens with one attached hydrogen (secondary N) is 1. The maximum atomic E-state index is 13.5. The molecule has 5 heteroatoms. The Morgan fingerprint density at radius 1 is 1.50 bits per heavy atom. The topological polar surface area (TPSA) is 73.1 Å². The third kappa shape index (κ3) is 4.88. The molecular weight excluding hydrogens is 259 g/mol. The van der Waals surface area contributed by atoms with E-state index in [0.29, 0.717) is 12.1 Å². The maximum Gasteiger partial charge on any atom is 0.305 e. The summed E-state index contributed by atoms with van der Waals surface area (Å²) in [6, 6.07) is 5.72. The first-order chi connectivity index (χ1) is 9.23. The van der Waals surface area contributed by atoms with Crippen LogP contribution in [0, 0.1) is 22.6 Å². The average molecular weight is 278 g/mol. The molecule has 1 aromatic rings. The fourth-order valence-electron chi connectivity index (χ4n) is 2.10. The Labute approximate surface area is 118 Å². The maximum absolute atomic E-state index is 13.5. The van der Waals surface area contributed by atoms with Gasteiger partial charge in [0.2, 0.25) is 0 Å². The van der Waals surface area contributed by atoms with Crippen molar-refractivity contribution in [1.29, 1.82) is 5.26 Å². The second-order valence-electron chi connectivity index (χ2n) is 5.98. The molecule has 0 saturated carbocycles. The molecule has 0 spiro atoms. The van der Waals surface area contributed by atoms with Gasteiger partial charge in [0.1, 0.15) is 17.4 Å². The van der Waals surface area contributed by atoms with E-state index < -0.39 is 11.8 Å². The normalized spacial score (nSPS) is 12.6. The van der Waals surface area contributed by atoms with Gasteiger partial charge in [0, 0.05) is 6.04 Å². The zero-order chi connectivity index (χ0) is 15.3. The van der Waals surface area contributed by atoms with Crippen molar-refractivity contribution in [3.63, 3.8) is 0 Å². The molecule has 0 aliphatic rings. The third-order valence-corrected chi connectivity index (χ3v) is 2.76. The van der Waals surface area contributed by atoms with Crippen molar-refractivity contribution >= 4 is 11.7 Å². The summed E-state index contributed by atoms with van der Waals surface area (Å²) in [5.74, 6) is -1.54. The molecule has 0 bridgehead atoms. The number of hydrogen-bond donors (Lipinski definition) is 2.